The highest BCUT2D eigenvalue weighted by atomic mass is 79.9. The molecule has 0 unspecified atom stereocenters. The molecule has 0 atom stereocenters. The minimum atomic E-state index is -0.692. The number of hydrogen-bond acceptors (Lipinski definition) is 11. The summed E-state index contributed by atoms with van der Waals surface area (Å²) in [4.78, 5) is 13.1. The number of nitrogen functional groups attached to an aromatic ring is 1. The molecule has 44 heavy (non-hydrogen) atoms. The third-order valence-electron chi connectivity index (χ3n) is 6.04. The van der Waals surface area contributed by atoms with E-state index in [-0.39, 0.29) is 29.6 Å². The van der Waals surface area contributed by atoms with Crippen LogP contribution in [0.4, 0.5) is 10.2 Å². The van der Waals surface area contributed by atoms with Crippen molar-refractivity contribution in [3.8, 4) is 23.1 Å². The van der Waals surface area contributed by atoms with E-state index in [2.05, 4.69) is 57.8 Å². The maximum absolute atomic E-state index is 13.3. The summed E-state index contributed by atoms with van der Waals surface area (Å²) in [5.74, 6) is 0.205. The molecule has 3 N–H and O–H groups in total. The van der Waals surface area contributed by atoms with E-state index in [1.807, 2.05) is 32.0 Å². The van der Waals surface area contributed by atoms with E-state index < -0.39 is 11.7 Å². The van der Waals surface area contributed by atoms with Gasteiger partial charge in [-0.15, -0.1) is 5.10 Å². The van der Waals surface area contributed by atoms with Crippen molar-refractivity contribution < 1.29 is 28.0 Å². The fraction of sp³-hybridized carbons (Fsp3) is 0.172. The Morgan fingerprint density at radius 1 is 1.11 bits per heavy atom. The van der Waals surface area contributed by atoms with Gasteiger partial charge in [-0.3, -0.25) is 4.79 Å². The van der Waals surface area contributed by atoms with Gasteiger partial charge in [-0.1, -0.05) is 35.0 Å². The predicted octanol–water partition coefficient (Wildman–Crippen LogP) is 4.76. The van der Waals surface area contributed by atoms with E-state index in [1.165, 1.54) is 30.5 Å². The number of carbonyl (C=O) groups is 1. The summed E-state index contributed by atoms with van der Waals surface area (Å²) < 4.78 is 37.4. The molecule has 0 radical (unpaired) electrons. The number of hydrazone groups is 1. The van der Waals surface area contributed by atoms with Crippen LogP contribution in [-0.2, 0) is 13.2 Å². The molecule has 0 bridgehead atoms. The largest absolute Gasteiger partial charge is 0.490 e. The van der Waals surface area contributed by atoms with Gasteiger partial charge in [-0.25, -0.2) is 14.4 Å². The number of amides is 1. The standard InChI is InChI=1S/C29H26BrFN8O5/c1-3-41-24-13-19(12-22(30)26(24)43-15-18-6-4-5-17(2)11-18)14-33-35-29(40)25-23(16-42-21-9-7-20(31)8-10-21)39(38-34-25)28-27(32)36-44-37-28/h4-14H,3,15-16H2,1-2H3,(H2,32,36)(H,35,40)/b33-14+. The molecule has 0 aliphatic heterocycles. The normalized spacial score (nSPS) is 11.1. The average molecular weight is 665 g/mol. The molecule has 1 amide bonds. The summed E-state index contributed by atoms with van der Waals surface area (Å²) >= 11 is 3.55. The van der Waals surface area contributed by atoms with Crippen LogP contribution < -0.4 is 25.4 Å². The van der Waals surface area contributed by atoms with E-state index in [0.717, 1.165) is 15.8 Å². The summed E-state index contributed by atoms with van der Waals surface area (Å²) in [5.41, 5.74) is 11.1. The number of hydrogen-bond donors (Lipinski definition) is 2. The van der Waals surface area contributed by atoms with Gasteiger partial charge in [0.1, 0.15) is 30.5 Å². The highest BCUT2D eigenvalue weighted by Gasteiger charge is 2.24. The van der Waals surface area contributed by atoms with Crippen LogP contribution in [0, 0.1) is 12.7 Å². The first-order valence-electron chi connectivity index (χ1n) is 13.2. The third-order valence-corrected chi connectivity index (χ3v) is 6.63. The molecule has 0 saturated carbocycles. The second kappa shape index (κ2) is 13.8. The monoisotopic (exact) mass is 664 g/mol. The number of aryl methyl sites for hydroxylation is 1. The number of nitrogens with zero attached hydrogens (tertiary/aromatic N) is 6. The van der Waals surface area contributed by atoms with Gasteiger partial charge in [-0.2, -0.15) is 9.78 Å². The van der Waals surface area contributed by atoms with Crippen LogP contribution in [0.5, 0.6) is 17.2 Å². The molecule has 0 aliphatic carbocycles. The number of nitrogens with one attached hydrogen (secondary N) is 1. The highest BCUT2D eigenvalue weighted by molar-refractivity contribution is 9.10. The second-order valence-corrected chi connectivity index (χ2v) is 10.1. The van der Waals surface area contributed by atoms with Gasteiger partial charge in [-0.05, 0) is 87.6 Å². The van der Waals surface area contributed by atoms with Crippen LogP contribution in [0.2, 0.25) is 0 Å². The highest BCUT2D eigenvalue weighted by Crippen LogP contribution is 2.37. The maximum Gasteiger partial charge on any atom is 0.293 e. The van der Waals surface area contributed by atoms with Gasteiger partial charge in [0.15, 0.2) is 17.2 Å². The number of ether oxygens (including phenoxy) is 3. The lowest BCUT2D eigenvalue weighted by atomic mass is 10.1. The summed E-state index contributed by atoms with van der Waals surface area (Å²) in [5, 5.41) is 19.3. The fourth-order valence-corrected chi connectivity index (χ4v) is 4.61. The quantitative estimate of drug-likeness (QED) is 0.140. The van der Waals surface area contributed by atoms with Crippen LogP contribution >= 0.6 is 15.9 Å². The van der Waals surface area contributed by atoms with Crippen molar-refractivity contribution in [3.63, 3.8) is 0 Å². The van der Waals surface area contributed by atoms with Gasteiger partial charge in [0.05, 0.1) is 17.3 Å². The van der Waals surface area contributed by atoms with E-state index >= 15 is 0 Å². The lowest BCUT2D eigenvalue weighted by Gasteiger charge is -2.15. The number of carbonyl (C=O) groups excluding carboxylic acids is 1. The molecule has 2 aromatic heterocycles. The molecular weight excluding hydrogens is 639 g/mol. The van der Waals surface area contributed by atoms with Crippen LogP contribution in [0.1, 0.15) is 39.8 Å². The molecule has 0 aliphatic rings. The van der Waals surface area contributed by atoms with Crippen molar-refractivity contribution >= 4 is 33.9 Å². The third kappa shape index (κ3) is 7.18. The van der Waals surface area contributed by atoms with Crippen LogP contribution in [0.15, 0.2) is 74.9 Å². The van der Waals surface area contributed by atoms with Crippen LogP contribution in [0.3, 0.4) is 0 Å². The van der Waals surface area contributed by atoms with Crippen molar-refractivity contribution in [3.05, 3.63) is 99.0 Å². The van der Waals surface area contributed by atoms with Crippen molar-refractivity contribution in [1.82, 2.24) is 30.7 Å². The Hall–Kier alpha value is -5.31. The first-order valence-corrected chi connectivity index (χ1v) is 14.0. The summed E-state index contributed by atoms with van der Waals surface area (Å²) in [6.07, 6.45) is 1.44. The Labute approximate surface area is 258 Å². The van der Waals surface area contributed by atoms with Gasteiger partial charge < -0.3 is 19.9 Å². The Morgan fingerprint density at radius 2 is 1.93 bits per heavy atom. The summed E-state index contributed by atoms with van der Waals surface area (Å²) in [7, 11) is 0. The topological polar surface area (TPSA) is 165 Å². The van der Waals surface area contributed by atoms with Gasteiger partial charge in [0.2, 0.25) is 11.6 Å². The number of benzene rings is 3. The lowest BCUT2D eigenvalue weighted by molar-refractivity contribution is 0.0947. The molecular formula is C29H26BrFN8O5. The minimum absolute atomic E-state index is 0.00997. The number of anilines is 1. The molecule has 5 rings (SSSR count). The zero-order chi connectivity index (χ0) is 31.1. The lowest BCUT2D eigenvalue weighted by Crippen LogP contribution is -2.21. The summed E-state index contributed by atoms with van der Waals surface area (Å²) in [6, 6.07) is 16.9. The van der Waals surface area contributed by atoms with Crippen LogP contribution in [-0.4, -0.2) is 44.0 Å². The SMILES string of the molecule is CCOc1cc(/C=N/NC(=O)c2nnn(-c3nonc3N)c2COc2ccc(F)cc2)cc(Br)c1OCc1cccc(C)c1. The number of rotatable bonds is 12. The predicted molar refractivity (Wildman–Crippen MR) is 160 cm³/mol. The van der Waals surface area contributed by atoms with Crippen molar-refractivity contribution in [1.29, 1.82) is 0 Å². The Morgan fingerprint density at radius 3 is 2.66 bits per heavy atom. The molecule has 0 spiro atoms. The molecule has 0 saturated heterocycles. The number of nitrogens with two attached hydrogens (primary N) is 1. The molecule has 2 heterocycles. The molecule has 13 nitrogen and oxygen atoms in total. The zero-order valence-electron chi connectivity index (χ0n) is 23.5. The number of halogens is 2. The second-order valence-electron chi connectivity index (χ2n) is 9.25. The summed E-state index contributed by atoms with van der Waals surface area (Å²) in [6.45, 7) is 4.45. The fourth-order valence-electron chi connectivity index (χ4n) is 4.04. The molecule has 226 valence electrons. The molecule has 3 aromatic carbocycles. The smallest absolute Gasteiger partial charge is 0.293 e. The van der Waals surface area contributed by atoms with Gasteiger partial charge >= 0.3 is 0 Å². The van der Waals surface area contributed by atoms with Gasteiger partial charge in [0, 0.05) is 0 Å². The van der Waals surface area contributed by atoms with Crippen molar-refractivity contribution in [2.45, 2.75) is 27.1 Å². The average Bonchev–Trinajstić information content (AvgIpc) is 3.62. The minimum Gasteiger partial charge on any atom is -0.490 e. The first kappa shape index (κ1) is 30.2. The molecule has 15 heteroatoms. The van der Waals surface area contributed by atoms with Crippen molar-refractivity contribution in [2.75, 3.05) is 12.3 Å². The van der Waals surface area contributed by atoms with E-state index in [9.17, 15) is 9.18 Å². The molecule has 5 aromatic rings. The Balaban J connectivity index is 1.33. The number of aromatic nitrogens is 5. The molecule has 0 fully saturated rings. The van der Waals surface area contributed by atoms with Crippen molar-refractivity contribution in [2.24, 2.45) is 5.10 Å². The Bertz CT molecular complexity index is 1790. The van der Waals surface area contributed by atoms with Gasteiger partial charge in [0.25, 0.3) is 5.91 Å². The van der Waals surface area contributed by atoms with Crippen LogP contribution in [0.25, 0.3) is 5.82 Å². The maximum atomic E-state index is 13.3. The Kier molecular flexibility index (Phi) is 9.44. The first-order chi connectivity index (χ1) is 21.3. The van der Waals surface area contributed by atoms with E-state index in [4.69, 9.17) is 19.9 Å². The van der Waals surface area contributed by atoms with E-state index in [1.54, 1.807) is 12.1 Å². The zero-order valence-corrected chi connectivity index (χ0v) is 25.1. The van der Waals surface area contributed by atoms with E-state index in [0.29, 0.717) is 40.5 Å².